The van der Waals surface area contributed by atoms with Gasteiger partial charge < -0.3 is 5.32 Å². The second kappa shape index (κ2) is 7.84. The molecule has 156 valence electrons. The van der Waals surface area contributed by atoms with E-state index in [0.29, 0.717) is 16.9 Å². The van der Waals surface area contributed by atoms with Crippen molar-refractivity contribution in [2.75, 3.05) is 10.2 Å². The highest BCUT2D eigenvalue weighted by Crippen LogP contribution is 2.37. The molecule has 4 nitrogen and oxygen atoms in total. The van der Waals surface area contributed by atoms with Gasteiger partial charge in [-0.25, -0.2) is 9.29 Å². The number of hydrogen-bond acceptors (Lipinski definition) is 3. The maximum atomic E-state index is 13.8. The standard InChI is InChI=1S/C26H23FN2O2/c1-15-11-12-21(17(3)13-15)23-24(28-20-9-6-8-19(27)14-20)26(31)29(25(23)30)22-10-5-7-16(2)18(22)4/h5-14,28H,1-4H3. The molecule has 0 aromatic heterocycles. The lowest BCUT2D eigenvalue weighted by molar-refractivity contribution is -0.120. The number of imide groups is 1. The molecule has 31 heavy (non-hydrogen) atoms. The monoisotopic (exact) mass is 414 g/mol. The van der Waals surface area contributed by atoms with E-state index in [4.69, 9.17) is 0 Å². The van der Waals surface area contributed by atoms with Crippen molar-refractivity contribution in [2.24, 2.45) is 0 Å². The fraction of sp³-hybridized carbons (Fsp3) is 0.154. The van der Waals surface area contributed by atoms with Gasteiger partial charge in [0, 0.05) is 5.69 Å². The summed E-state index contributed by atoms with van der Waals surface area (Å²) in [4.78, 5) is 28.3. The van der Waals surface area contributed by atoms with Crippen LogP contribution < -0.4 is 10.2 Å². The summed E-state index contributed by atoms with van der Waals surface area (Å²) in [5.74, 6) is -1.29. The Morgan fingerprint density at radius 1 is 0.806 bits per heavy atom. The average Bonchev–Trinajstić information content (AvgIpc) is 2.94. The Bertz CT molecular complexity index is 1260. The van der Waals surface area contributed by atoms with Crippen LogP contribution in [0.5, 0.6) is 0 Å². The quantitative estimate of drug-likeness (QED) is 0.577. The second-order valence-electron chi connectivity index (χ2n) is 7.87. The fourth-order valence-corrected chi connectivity index (χ4v) is 3.90. The molecule has 0 saturated heterocycles. The molecule has 5 heteroatoms. The summed E-state index contributed by atoms with van der Waals surface area (Å²) in [6.45, 7) is 7.71. The van der Waals surface area contributed by atoms with Crippen molar-refractivity contribution in [3.05, 3.63) is 100.0 Å². The van der Waals surface area contributed by atoms with Crippen LogP contribution in [0.25, 0.3) is 5.57 Å². The van der Waals surface area contributed by atoms with E-state index in [0.717, 1.165) is 22.3 Å². The molecule has 0 fully saturated rings. The molecule has 0 atom stereocenters. The van der Waals surface area contributed by atoms with Gasteiger partial charge in [0.25, 0.3) is 11.8 Å². The minimum Gasteiger partial charge on any atom is -0.350 e. The van der Waals surface area contributed by atoms with E-state index in [1.54, 1.807) is 18.2 Å². The molecule has 2 amide bonds. The summed E-state index contributed by atoms with van der Waals surface area (Å²) in [6, 6.07) is 17.1. The molecule has 1 N–H and O–H groups in total. The lowest BCUT2D eigenvalue weighted by atomic mass is 9.97. The Morgan fingerprint density at radius 2 is 1.55 bits per heavy atom. The third-order valence-corrected chi connectivity index (χ3v) is 5.65. The number of halogens is 1. The number of carbonyl (C=O) groups excluding carboxylic acids is 2. The molecular formula is C26H23FN2O2. The van der Waals surface area contributed by atoms with Crippen LogP contribution in [0.3, 0.4) is 0 Å². The van der Waals surface area contributed by atoms with Gasteiger partial charge in [0.2, 0.25) is 0 Å². The van der Waals surface area contributed by atoms with Gasteiger partial charge >= 0.3 is 0 Å². The van der Waals surface area contributed by atoms with Crippen LogP contribution in [0.4, 0.5) is 15.8 Å². The summed E-state index contributed by atoms with van der Waals surface area (Å²) >= 11 is 0. The SMILES string of the molecule is Cc1ccc(C2=C(Nc3cccc(F)c3)C(=O)N(c3cccc(C)c3C)C2=O)c(C)c1. The highest BCUT2D eigenvalue weighted by atomic mass is 19.1. The molecule has 0 unspecified atom stereocenters. The van der Waals surface area contributed by atoms with Crippen molar-refractivity contribution in [1.29, 1.82) is 0 Å². The summed E-state index contributed by atoms with van der Waals surface area (Å²) in [7, 11) is 0. The van der Waals surface area contributed by atoms with Gasteiger partial charge in [0.15, 0.2) is 0 Å². The highest BCUT2D eigenvalue weighted by molar-refractivity contribution is 6.46. The number of aryl methyl sites for hydroxylation is 3. The van der Waals surface area contributed by atoms with E-state index >= 15 is 0 Å². The predicted molar refractivity (Wildman–Crippen MR) is 121 cm³/mol. The zero-order chi connectivity index (χ0) is 22.3. The first-order valence-corrected chi connectivity index (χ1v) is 10.1. The first-order valence-electron chi connectivity index (χ1n) is 10.1. The third-order valence-electron chi connectivity index (χ3n) is 5.65. The smallest absolute Gasteiger partial charge is 0.282 e. The second-order valence-corrected chi connectivity index (χ2v) is 7.87. The zero-order valence-electron chi connectivity index (χ0n) is 17.9. The lowest BCUT2D eigenvalue weighted by Gasteiger charge is -2.19. The summed E-state index contributed by atoms with van der Waals surface area (Å²) in [5.41, 5.74) is 5.84. The zero-order valence-corrected chi connectivity index (χ0v) is 17.9. The number of carbonyl (C=O) groups is 2. The minimum atomic E-state index is -0.460. The highest BCUT2D eigenvalue weighted by Gasteiger charge is 2.41. The van der Waals surface area contributed by atoms with Gasteiger partial charge in [-0.1, -0.05) is 42.0 Å². The first kappa shape index (κ1) is 20.5. The Kier molecular flexibility index (Phi) is 5.19. The molecule has 3 aromatic carbocycles. The van der Waals surface area contributed by atoms with Crippen LogP contribution in [0, 0.1) is 33.5 Å². The Hall–Kier alpha value is -3.73. The van der Waals surface area contributed by atoms with E-state index in [1.807, 2.05) is 58.0 Å². The van der Waals surface area contributed by atoms with Crippen LogP contribution in [-0.4, -0.2) is 11.8 Å². The Balaban J connectivity index is 1.89. The minimum absolute atomic E-state index is 0.142. The van der Waals surface area contributed by atoms with Gasteiger partial charge in [0.05, 0.1) is 11.3 Å². The largest absolute Gasteiger partial charge is 0.350 e. The van der Waals surface area contributed by atoms with Crippen molar-refractivity contribution in [1.82, 2.24) is 0 Å². The molecule has 1 heterocycles. The van der Waals surface area contributed by atoms with Gasteiger partial charge in [-0.15, -0.1) is 0 Å². The Labute approximate surface area is 181 Å². The van der Waals surface area contributed by atoms with Crippen LogP contribution in [-0.2, 0) is 9.59 Å². The average molecular weight is 414 g/mol. The van der Waals surface area contributed by atoms with Crippen LogP contribution in [0.15, 0.2) is 66.4 Å². The molecule has 1 aliphatic rings. The lowest BCUT2D eigenvalue weighted by Crippen LogP contribution is -2.33. The molecule has 0 spiro atoms. The number of amides is 2. The maximum absolute atomic E-state index is 13.8. The summed E-state index contributed by atoms with van der Waals surface area (Å²) in [6.07, 6.45) is 0. The van der Waals surface area contributed by atoms with Crippen molar-refractivity contribution in [3.8, 4) is 0 Å². The fourth-order valence-electron chi connectivity index (χ4n) is 3.90. The molecule has 1 aliphatic heterocycles. The van der Waals surface area contributed by atoms with Gasteiger partial charge in [-0.05, 0) is 74.2 Å². The first-order chi connectivity index (χ1) is 14.8. The normalized spacial score (nSPS) is 13.9. The van der Waals surface area contributed by atoms with E-state index in [1.165, 1.54) is 17.0 Å². The van der Waals surface area contributed by atoms with Gasteiger partial charge in [-0.2, -0.15) is 0 Å². The molecule has 0 saturated carbocycles. The van der Waals surface area contributed by atoms with Gasteiger partial charge in [0.1, 0.15) is 11.5 Å². The molecule has 0 aliphatic carbocycles. The molecule has 0 radical (unpaired) electrons. The number of nitrogens with zero attached hydrogens (tertiary/aromatic N) is 1. The number of rotatable bonds is 4. The van der Waals surface area contributed by atoms with E-state index in [9.17, 15) is 14.0 Å². The van der Waals surface area contributed by atoms with E-state index in [-0.39, 0.29) is 11.3 Å². The summed E-state index contributed by atoms with van der Waals surface area (Å²) < 4.78 is 13.8. The predicted octanol–water partition coefficient (Wildman–Crippen LogP) is 5.46. The third kappa shape index (κ3) is 3.63. The topological polar surface area (TPSA) is 49.4 Å². The number of hydrogen-bond donors (Lipinski definition) is 1. The molecule has 0 bridgehead atoms. The molecule has 4 rings (SSSR count). The van der Waals surface area contributed by atoms with Crippen LogP contribution in [0.1, 0.15) is 27.8 Å². The van der Waals surface area contributed by atoms with Crippen LogP contribution >= 0.6 is 0 Å². The van der Waals surface area contributed by atoms with Crippen LogP contribution in [0.2, 0.25) is 0 Å². The number of benzene rings is 3. The number of nitrogens with one attached hydrogen (secondary N) is 1. The van der Waals surface area contributed by atoms with E-state index < -0.39 is 17.6 Å². The summed E-state index contributed by atoms with van der Waals surface area (Å²) in [5, 5.41) is 3.01. The van der Waals surface area contributed by atoms with Crippen molar-refractivity contribution in [2.45, 2.75) is 27.7 Å². The van der Waals surface area contributed by atoms with Crippen molar-refractivity contribution < 1.29 is 14.0 Å². The van der Waals surface area contributed by atoms with E-state index in [2.05, 4.69) is 5.32 Å². The number of anilines is 2. The maximum Gasteiger partial charge on any atom is 0.282 e. The van der Waals surface area contributed by atoms with Crippen molar-refractivity contribution in [3.63, 3.8) is 0 Å². The van der Waals surface area contributed by atoms with Gasteiger partial charge in [-0.3, -0.25) is 9.59 Å². The van der Waals surface area contributed by atoms with Crippen molar-refractivity contribution >= 4 is 28.8 Å². The molecular weight excluding hydrogens is 391 g/mol. The Morgan fingerprint density at radius 3 is 2.26 bits per heavy atom. The molecule has 3 aromatic rings.